The topological polar surface area (TPSA) is 108 Å². The van der Waals surface area contributed by atoms with E-state index in [-0.39, 0.29) is 18.9 Å². The highest BCUT2D eigenvalue weighted by Gasteiger charge is 2.18. The second-order valence-electron chi connectivity index (χ2n) is 8.58. The molecule has 3 aromatic carbocycles. The van der Waals surface area contributed by atoms with Crippen molar-refractivity contribution in [3.05, 3.63) is 88.8 Å². The number of ether oxygens (including phenoxy) is 2. The average Bonchev–Trinajstić information content (AvgIpc) is 3.40. The van der Waals surface area contributed by atoms with Crippen LogP contribution in [0.25, 0.3) is 27.9 Å². The number of para-hydroxylation sites is 1. The van der Waals surface area contributed by atoms with Gasteiger partial charge < -0.3 is 14.6 Å². The van der Waals surface area contributed by atoms with E-state index in [2.05, 4.69) is 10.1 Å². The van der Waals surface area contributed by atoms with Gasteiger partial charge in [0.15, 0.2) is 17.3 Å². The highest BCUT2D eigenvalue weighted by Crippen LogP contribution is 2.23. The summed E-state index contributed by atoms with van der Waals surface area (Å²) in [5, 5.41) is 15.9. The van der Waals surface area contributed by atoms with Crippen molar-refractivity contribution < 1.29 is 19.4 Å². The van der Waals surface area contributed by atoms with Crippen LogP contribution in [0, 0.1) is 0 Å². The van der Waals surface area contributed by atoms with Crippen molar-refractivity contribution in [2.45, 2.75) is 26.0 Å². The molecule has 1 unspecified atom stereocenters. The Labute approximate surface area is 212 Å². The summed E-state index contributed by atoms with van der Waals surface area (Å²) in [6.07, 6.45) is -0.542. The number of Topliss-reactive ketones (excluding diaryl/α,β-unsaturated/α-hetero) is 1. The van der Waals surface area contributed by atoms with E-state index in [1.807, 2.05) is 55.5 Å². The van der Waals surface area contributed by atoms with Gasteiger partial charge in [-0.05, 0) is 60.7 Å². The van der Waals surface area contributed by atoms with E-state index >= 15 is 0 Å². The zero-order valence-electron chi connectivity index (χ0n) is 20.5. The third-order valence-corrected chi connectivity index (χ3v) is 6.14. The Kier molecular flexibility index (Phi) is 6.70. The zero-order valence-corrected chi connectivity index (χ0v) is 20.5. The molecule has 1 N–H and O–H groups in total. The van der Waals surface area contributed by atoms with Gasteiger partial charge >= 0.3 is 5.69 Å². The van der Waals surface area contributed by atoms with Crippen molar-refractivity contribution in [1.29, 1.82) is 0 Å². The summed E-state index contributed by atoms with van der Waals surface area (Å²) in [4.78, 5) is 29.9. The molecule has 0 aliphatic heterocycles. The number of ketones is 1. The lowest BCUT2D eigenvalue weighted by molar-refractivity contribution is 0.0921. The molecule has 5 rings (SSSR count). The van der Waals surface area contributed by atoms with Crippen molar-refractivity contribution in [3.8, 4) is 22.9 Å². The van der Waals surface area contributed by atoms with Gasteiger partial charge in [0.05, 0.1) is 19.2 Å². The van der Waals surface area contributed by atoms with E-state index in [4.69, 9.17) is 9.47 Å². The summed E-state index contributed by atoms with van der Waals surface area (Å²) >= 11 is 0. The van der Waals surface area contributed by atoms with Gasteiger partial charge in [-0.15, -0.1) is 5.10 Å². The summed E-state index contributed by atoms with van der Waals surface area (Å²) in [5.74, 6) is 1.70. The van der Waals surface area contributed by atoms with Crippen molar-refractivity contribution in [2.24, 2.45) is 0 Å². The van der Waals surface area contributed by atoms with Crippen LogP contribution in [0.3, 0.4) is 0 Å². The molecule has 37 heavy (non-hydrogen) atoms. The predicted octanol–water partition coefficient (Wildman–Crippen LogP) is 3.75. The second-order valence-corrected chi connectivity index (χ2v) is 8.58. The smallest absolute Gasteiger partial charge is 0.351 e. The van der Waals surface area contributed by atoms with Gasteiger partial charge in [0.2, 0.25) is 0 Å². The molecule has 9 heteroatoms. The number of nitrogens with zero attached hydrogens (tertiary/aromatic N) is 4. The number of carbonyl (C=O) groups excluding carboxylic acids is 1. The fourth-order valence-electron chi connectivity index (χ4n) is 4.17. The lowest BCUT2D eigenvalue weighted by Crippen LogP contribution is -2.34. The number of carbonyl (C=O) groups is 1. The standard InChI is InChI=1S/C28H26N4O5/c1-3-25(34)18-8-14-22(15-9-18)37-17-20(33)16-31-24-7-5-4-6-23(24)27-29-26(30-32(27)28(31)35)19-10-12-21(36-2)13-11-19/h4-15,20,33H,3,16-17H2,1-2H3. The number of methoxy groups -OCH3 is 1. The molecule has 0 aliphatic rings. The number of hydrogen-bond donors (Lipinski definition) is 1. The monoisotopic (exact) mass is 498 g/mol. The van der Waals surface area contributed by atoms with Crippen LogP contribution < -0.4 is 15.2 Å². The van der Waals surface area contributed by atoms with Crippen LogP contribution in [0.5, 0.6) is 11.5 Å². The van der Waals surface area contributed by atoms with Gasteiger partial charge in [0.1, 0.15) is 24.2 Å². The molecule has 2 heterocycles. The summed E-state index contributed by atoms with van der Waals surface area (Å²) in [6, 6.07) is 21.5. The van der Waals surface area contributed by atoms with E-state index in [0.29, 0.717) is 40.5 Å². The summed E-state index contributed by atoms with van der Waals surface area (Å²) < 4.78 is 13.7. The van der Waals surface area contributed by atoms with Crippen molar-refractivity contribution in [2.75, 3.05) is 13.7 Å². The fourth-order valence-corrected chi connectivity index (χ4v) is 4.17. The van der Waals surface area contributed by atoms with Gasteiger partial charge in [0.25, 0.3) is 0 Å². The summed E-state index contributed by atoms with van der Waals surface area (Å²) in [5.41, 5.74) is 2.02. The first-order valence-electron chi connectivity index (χ1n) is 12.0. The largest absolute Gasteiger partial charge is 0.497 e. The number of fused-ring (bicyclic) bond motifs is 3. The van der Waals surface area contributed by atoms with Crippen LogP contribution in [0.1, 0.15) is 23.7 Å². The number of aliphatic hydroxyl groups is 1. The Morgan fingerprint density at radius 2 is 1.70 bits per heavy atom. The number of rotatable bonds is 9. The van der Waals surface area contributed by atoms with E-state index in [9.17, 15) is 14.7 Å². The van der Waals surface area contributed by atoms with Gasteiger partial charge in [-0.25, -0.2) is 9.78 Å². The Hall–Kier alpha value is -4.50. The van der Waals surface area contributed by atoms with Crippen molar-refractivity contribution >= 4 is 22.3 Å². The predicted molar refractivity (Wildman–Crippen MR) is 139 cm³/mol. The molecule has 0 saturated carbocycles. The second kappa shape index (κ2) is 10.2. The average molecular weight is 499 g/mol. The molecule has 188 valence electrons. The van der Waals surface area contributed by atoms with Crippen LogP contribution in [-0.2, 0) is 6.54 Å². The Balaban J connectivity index is 1.42. The molecule has 0 aliphatic carbocycles. The van der Waals surface area contributed by atoms with Crippen LogP contribution in [-0.4, -0.2) is 49.9 Å². The van der Waals surface area contributed by atoms with Crippen LogP contribution in [0.2, 0.25) is 0 Å². The van der Waals surface area contributed by atoms with Gasteiger partial charge in [-0.3, -0.25) is 9.36 Å². The third kappa shape index (κ3) is 4.81. The van der Waals surface area contributed by atoms with E-state index in [1.165, 1.54) is 9.08 Å². The van der Waals surface area contributed by atoms with Gasteiger partial charge in [-0.1, -0.05) is 19.1 Å². The van der Waals surface area contributed by atoms with Gasteiger partial charge in [-0.2, -0.15) is 4.52 Å². The maximum atomic E-state index is 13.4. The molecule has 5 aromatic rings. The minimum atomic E-state index is -0.972. The summed E-state index contributed by atoms with van der Waals surface area (Å²) in [6.45, 7) is 1.78. The summed E-state index contributed by atoms with van der Waals surface area (Å²) in [7, 11) is 1.59. The first-order chi connectivity index (χ1) is 18.0. The molecular formula is C28H26N4O5. The highest BCUT2D eigenvalue weighted by atomic mass is 16.5. The maximum Gasteiger partial charge on any atom is 0.351 e. The molecule has 0 saturated heterocycles. The minimum absolute atomic E-state index is 0.000575. The Morgan fingerprint density at radius 1 is 1.00 bits per heavy atom. The van der Waals surface area contributed by atoms with Crippen LogP contribution in [0.15, 0.2) is 77.6 Å². The first-order valence-corrected chi connectivity index (χ1v) is 12.0. The zero-order chi connectivity index (χ0) is 25.9. The number of benzene rings is 3. The lowest BCUT2D eigenvalue weighted by atomic mass is 10.1. The highest BCUT2D eigenvalue weighted by molar-refractivity contribution is 5.96. The molecule has 2 aromatic heterocycles. The molecule has 0 spiro atoms. The molecular weight excluding hydrogens is 472 g/mol. The molecule has 1 atom stereocenters. The first kappa shape index (κ1) is 24.2. The SMILES string of the molecule is CCC(=O)c1ccc(OCC(O)Cn2c(=O)n3nc(-c4ccc(OC)cc4)nc3c3ccccc32)cc1. The van der Waals surface area contributed by atoms with E-state index in [0.717, 1.165) is 10.9 Å². The Morgan fingerprint density at radius 3 is 2.41 bits per heavy atom. The number of aliphatic hydroxyl groups excluding tert-OH is 1. The van der Waals surface area contributed by atoms with Crippen LogP contribution in [0.4, 0.5) is 0 Å². The minimum Gasteiger partial charge on any atom is -0.497 e. The lowest BCUT2D eigenvalue weighted by Gasteiger charge is -2.16. The molecule has 0 radical (unpaired) electrons. The van der Waals surface area contributed by atoms with Crippen LogP contribution >= 0.6 is 0 Å². The van der Waals surface area contributed by atoms with E-state index < -0.39 is 11.8 Å². The third-order valence-electron chi connectivity index (χ3n) is 6.14. The number of aromatic nitrogens is 4. The van der Waals surface area contributed by atoms with E-state index in [1.54, 1.807) is 31.4 Å². The maximum absolute atomic E-state index is 13.4. The Bertz CT molecular complexity index is 1620. The molecule has 0 fully saturated rings. The van der Waals surface area contributed by atoms with Crippen molar-refractivity contribution in [1.82, 2.24) is 19.2 Å². The number of hydrogen-bond acceptors (Lipinski definition) is 7. The fraction of sp³-hybridized carbons (Fsp3) is 0.214. The molecule has 9 nitrogen and oxygen atoms in total. The molecule has 0 bridgehead atoms. The molecule has 0 amide bonds. The quantitative estimate of drug-likeness (QED) is 0.308. The van der Waals surface area contributed by atoms with Gasteiger partial charge in [0, 0.05) is 22.9 Å². The van der Waals surface area contributed by atoms with Crippen molar-refractivity contribution in [3.63, 3.8) is 0 Å². The normalized spacial score (nSPS) is 12.1.